The van der Waals surface area contributed by atoms with Crippen LogP contribution in [-0.2, 0) is 24.0 Å². The smallest absolute Gasteiger partial charge is 0.289 e. The molecule has 2 fully saturated rings. The molecule has 1 aliphatic heterocycles. The van der Waals surface area contributed by atoms with Gasteiger partial charge < -0.3 is 26.2 Å². The number of amides is 5. The van der Waals surface area contributed by atoms with Gasteiger partial charge >= 0.3 is 0 Å². The minimum atomic E-state index is -0.994. The van der Waals surface area contributed by atoms with Crippen molar-refractivity contribution in [3.05, 3.63) is 24.3 Å². The number of Topliss-reactive ketones (excluding diaryl/α,β-unsaturated/α-hetero) is 1. The zero-order chi connectivity index (χ0) is 32.6. The van der Waals surface area contributed by atoms with Crippen molar-refractivity contribution in [2.75, 3.05) is 6.54 Å². The predicted octanol–water partition coefficient (Wildman–Crippen LogP) is 1.13. The molecule has 1 unspecified atom stereocenters. The highest BCUT2D eigenvalue weighted by atomic mass is 16.2. The van der Waals surface area contributed by atoms with Gasteiger partial charge in [-0.2, -0.15) is 0 Å². The average molecular weight is 614 g/mol. The van der Waals surface area contributed by atoms with E-state index < -0.39 is 59.5 Å². The third-order valence-corrected chi connectivity index (χ3v) is 8.21. The SMILES string of the molecule is CCCC(NC(=O)[C@@H]1[C@@H](CC)CCN1C(=O)[C@@H](NC(=O)[C@@H](NC(=O)c1cnccn1)C(C)C)C(C)C)C(=O)C(=O)NC1CC1. The first-order valence-electron chi connectivity index (χ1n) is 15.7. The van der Waals surface area contributed by atoms with Crippen LogP contribution in [0.5, 0.6) is 0 Å². The molecule has 3 rings (SSSR count). The number of ketones is 1. The molecule has 1 aromatic rings. The molecule has 242 valence electrons. The fraction of sp³-hybridized carbons (Fsp3) is 0.677. The number of hydrogen-bond acceptors (Lipinski definition) is 8. The van der Waals surface area contributed by atoms with Gasteiger partial charge in [-0.15, -0.1) is 0 Å². The first kappa shape index (κ1) is 34.6. The molecule has 2 heterocycles. The summed E-state index contributed by atoms with van der Waals surface area (Å²) in [4.78, 5) is 88.7. The van der Waals surface area contributed by atoms with Crippen LogP contribution < -0.4 is 21.3 Å². The topological polar surface area (TPSA) is 180 Å². The zero-order valence-corrected chi connectivity index (χ0v) is 26.6. The number of carbonyl (C=O) groups excluding carboxylic acids is 6. The van der Waals surface area contributed by atoms with E-state index in [1.54, 1.807) is 27.7 Å². The van der Waals surface area contributed by atoms with Gasteiger partial charge in [0.2, 0.25) is 23.5 Å². The minimum Gasteiger partial charge on any atom is -0.347 e. The van der Waals surface area contributed by atoms with E-state index in [9.17, 15) is 28.8 Å². The maximum Gasteiger partial charge on any atom is 0.289 e. The molecular formula is C31H47N7O6. The van der Waals surface area contributed by atoms with Gasteiger partial charge in [-0.05, 0) is 43.4 Å². The molecule has 1 aromatic heterocycles. The van der Waals surface area contributed by atoms with E-state index >= 15 is 0 Å². The molecule has 0 spiro atoms. The minimum absolute atomic E-state index is 0.00986. The first-order valence-corrected chi connectivity index (χ1v) is 15.7. The monoisotopic (exact) mass is 613 g/mol. The summed E-state index contributed by atoms with van der Waals surface area (Å²) in [7, 11) is 0. The molecule has 4 N–H and O–H groups in total. The van der Waals surface area contributed by atoms with Crippen LogP contribution in [0, 0.1) is 17.8 Å². The van der Waals surface area contributed by atoms with Crippen molar-refractivity contribution in [3.8, 4) is 0 Å². The Morgan fingerprint density at radius 3 is 2.14 bits per heavy atom. The van der Waals surface area contributed by atoms with Gasteiger partial charge in [-0.3, -0.25) is 33.8 Å². The summed E-state index contributed by atoms with van der Waals surface area (Å²) >= 11 is 0. The second kappa shape index (κ2) is 15.7. The Balaban J connectivity index is 1.76. The van der Waals surface area contributed by atoms with Crippen LogP contribution in [0.15, 0.2) is 18.6 Å². The second-order valence-corrected chi connectivity index (χ2v) is 12.4. The highest BCUT2D eigenvalue weighted by Gasteiger charge is 2.45. The van der Waals surface area contributed by atoms with Crippen LogP contribution >= 0.6 is 0 Å². The summed E-state index contributed by atoms with van der Waals surface area (Å²) in [5.74, 6) is -4.20. The molecule has 5 atom stereocenters. The number of nitrogens with zero attached hydrogens (tertiary/aromatic N) is 3. The van der Waals surface area contributed by atoms with Crippen LogP contribution in [0.1, 0.15) is 90.6 Å². The molecule has 1 aliphatic carbocycles. The quantitative estimate of drug-likeness (QED) is 0.213. The lowest BCUT2D eigenvalue weighted by atomic mass is 9.94. The van der Waals surface area contributed by atoms with E-state index in [4.69, 9.17) is 0 Å². The fourth-order valence-corrected chi connectivity index (χ4v) is 5.45. The van der Waals surface area contributed by atoms with Crippen molar-refractivity contribution >= 4 is 35.3 Å². The number of hydrogen-bond donors (Lipinski definition) is 4. The molecule has 13 heteroatoms. The highest BCUT2D eigenvalue weighted by Crippen LogP contribution is 2.29. The number of aromatic nitrogens is 2. The summed E-state index contributed by atoms with van der Waals surface area (Å²) in [6.45, 7) is 11.2. The van der Waals surface area contributed by atoms with E-state index in [-0.39, 0.29) is 29.5 Å². The maximum absolute atomic E-state index is 14.0. The molecule has 44 heavy (non-hydrogen) atoms. The van der Waals surface area contributed by atoms with Gasteiger partial charge in [0.1, 0.15) is 23.8 Å². The molecular weight excluding hydrogens is 566 g/mol. The first-order chi connectivity index (χ1) is 20.9. The summed E-state index contributed by atoms with van der Waals surface area (Å²) in [6, 6.07) is -3.77. The Morgan fingerprint density at radius 1 is 0.909 bits per heavy atom. The number of nitrogens with one attached hydrogen (secondary N) is 4. The average Bonchev–Trinajstić information content (AvgIpc) is 3.70. The van der Waals surface area contributed by atoms with Gasteiger partial charge in [0.25, 0.3) is 11.8 Å². The van der Waals surface area contributed by atoms with Crippen molar-refractivity contribution in [2.45, 2.75) is 110 Å². The van der Waals surface area contributed by atoms with Gasteiger partial charge in [0, 0.05) is 25.0 Å². The van der Waals surface area contributed by atoms with Crippen molar-refractivity contribution < 1.29 is 28.8 Å². The third kappa shape index (κ3) is 8.82. The third-order valence-electron chi connectivity index (χ3n) is 8.21. The van der Waals surface area contributed by atoms with Crippen molar-refractivity contribution in [2.24, 2.45) is 17.8 Å². The van der Waals surface area contributed by atoms with Crippen LogP contribution in [0.4, 0.5) is 0 Å². The van der Waals surface area contributed by atoms with Gasteiger partial charge in [-0.1, -0.05) is 54.4 Å². The standard InChI is InChI=1S/C31H47N7O6/c1-7-9-21(26(39)30(43)34-20-10-11-20)35-29(42)25-19(8-2)12-15-38(25)31(44)24(18(5)6)37-28(41)23(17(3)4)36-27(40)22-16-32-13-14-33-22/h13-14,16-21,23-25H,7-12,15H2,1-6H3,(H,34,43)(H,35,42)(H,36,40)(H,37,41)/t19-,21?,23-,24-,25-/m0/s1. The Kier molecular flexibility index (Phi) is 12.4. The fourth-order valence-electron chi connectivity index (χ4n) is 5.45. The normalized spacial score (nSPS) is 20.0. The number of likely N-dealkylation sites (tertiary alicyclic amines) is 1. The van der Waals surface area contributed by atoms with E-state index in [0.717, 1.165) is 12.8 Å². The second-order valence-electron chi connectivity index (χ2n) is 12.4. The molecule has 1 saturated heterocycles. The Morgan fingerprint density at radius 2 is 1.59 bits per heavy atom. The van der Waals surface area contributed by atoms with Gasteiger partial charge in [0.05, 0.1) is 12.2 Å². The molecule has 13 nitrogen and oxygen atoms in total. The van der Waals surface area contributed by atoms with Crippen LogP contribution in [0.3, 0.4) is 0 Å². The Bertz CT molecular complexity index is 1200. The van der Waals surface area contributed by atoms with E-state index in [1.807, 2.05) is 13.8 Å². The molecule has 0 aromatic carbocycles. The summed E-state index contributed by atoms with van der Waals surface area (Å²) < 4.78 is 0. The maximum atomic E-state index is 14.0. The molecule has 0 bridgehead atoms. The van der Waals surface area contributed by atoms with E-state index in [1.165, 1.54) is 23.5 Å². The summed E-state index contributed by atoms with van der Waals surface area (Å²) in [6.07, 6.45) is 7.85. The molecule has 5 amide bonds. The predicted molar refractivity (Wildman–Crippen MR) is 162 cm³/mol. The van der Waals surface area contributed by atoms with Crippen LogP contribution in [0.2, 0.25) is 0 Å². The lowest BCUT2D eigenvalue weighted by Crippen LogP contribution is -2.60. The number of rotatable bonds is 15. The molecule has 0 radical (unpaired) electrons. The zero-order valence-electron chi connectivity index (χ0n) is 26.6. The Hall–Kier alpha value is -3.90. The summed E-state index contributed by atoms with van der Waals surface area (Å²) in [5, 5.41) is 11.0. The highest BCUT2D eigenvalue weighted by molar-refractivity contribution is 6.38. The largest absolute Gasteiger partial charge is 0.347 e. The molecule has 2 aliphatic rings. The lowest BCUT2D eigenvalue weighted by molar-refractivity contribution is -0.145. The van der Waals surface area contributed by atoms with Crippen molar-refractivity contribution in [1.82, 2.24) is 36.1 Å². The van der Waals surface area contributed by atoms with E-state index in [2.05, 4.69) is 31.2 Å². The van der Waals surface area contributed by atoms with Crippen molar-refractivity contribution in [1.29, 1.82) is 0 Å². The Labute approximate surface area is 259 Å². The van der Waals surface area contributed by atoms with Crippen LogP contribution in [-0.4, -0.2) is 86.9 Å². The summed E-state index contributed by atoms with van der Waals surface area (Å²) in [5.41, 5.74) is 0.0591. The number of carbonyl (C=O) groups is 6. The molecule has 1 saturated carbocycles. The van der Waals surface area contributed by atoms with Crippen LogP contribution in [0.25, 0.3) is 0 Å². The van der Waals surface area contributed by atoms with E-state index in [0.29, 0.717) is 32.2 Å². The van der Waals surface area contributed by atoms with Crippen molar-refractivity contribution in [3.63, 3.8) is 0 Å². The lowest BCUT2D eigenvalue weighted by Gasteiger charge is -2.33. The van der Waals surface area contributed by atoms with Gasteiger partial charge in [0.15, 0.2) is 0 Å². The van der Waals surface area contributed by atoms with Gasteiger partial charge in [-0.25, -0.2) is 4.98 Å².